The van der Waals surface area contributed by atoms with E-state index >= 15 is 0 Å². The summed E-state index contributed by atoms with van der Waals surface area (Å²) in [6.07, 6.45) is -14.1. The zero-order valence-electron chi connectivity index (χ0n) is 8.86. The molecule has 0 saturated heterocycles. The second-order valence-electron chi connectivity index (χ2n) is 3.68. The molecule has 19 heavy (non-hydrogen) atoms. The van der Waals surface area contributed by atoms with Gasteiger partial charge in [-0.05, 0) is 17.7 Å². The van der Waals surface area contributed by atoms with Crippen molar-refractivity contribution in [3.05, 3.63) is 33.8 Å². The Morgan fingerprint density at radius 2 is 1.37 bits per heavy atom. The minimum atomic E-state index is -5.64. The van der Waals surface area contributed by atoms with E-state index in [1.54, 1.807) is 0 Å². The van der Waals surface area contributed by atoms with E-state index in [2.05, 4.69) is 0 Å². The first-order chi connectivity index (χ1) is 8.44. The Kier molecular flexibility index (Phi) is 4.64. The SMILES string of the molecule is OC(c1ccc(Cl)c(Cl)c1)C(C(F)(F)F)C(F)(F)F. The minimum absolute atomic E-state index is 0.0480. The maximum absolute atomic E-state index is 12.4. The number of aliphatic hydroxyl groups excluding tert-OH is 1. The molecule has 1 rings (SSSR count). The lowest BCUT2D eigenvalue weighted by Crippen LogP contribution is -2.40. The lowest BCUT2D eigenvalue weighted by atomic mass is 9.94. The quantitative estimate of drug-likeness (QED) is 0.776. The minimum Gasteiger partial charge on any atom is -0.387 e. The summed E-state index contributed by atoms with van der Waals surface area (Å²) in [6.45, 7) is 0. The summed E-state index contributed by atoms with van der Waals surface area (Å²) in [4.78, 5) is 0. The molecule has 0 aliphatic heterocycles. The predicted molar refractivity (Wildman–Crippen MR) is 57.0 cm³/mol. The van der Waals surface area contributed by atoms with Crippen LogP contribution >= 0.6 is 23.2 Å². The zero-order valence-corrected chi connectivity index (χ0v) is 10.4. The largest absolute Gasteiger partial charge is 0.403 e. The van der Waals surface area contributed by atoms with E-state index in [1.165, 1.54) is 0 Å². The van der Waals surface area contributed by atoms with Crippen LogP contribution in [0.15, 0.2) is 18.2 Å². The van der Waals surface area contributed by atoms with Crippen LogP contribution in [0.5, 0.6) is 0 Å². The molecule has 0 saturated carbocycles. The number of hydrogen-bond donors (Lipinski definition) is 1. The van der Waals surface area contributed by atoms with Crippen molar-refractivity contribution in [1.82, 2.24) is 0 Å². The third kappa shape index (κ3) is 3.90. The van der Waals surface area contributed by atoms with E-state index in [4.69, 9.17) is 23.2 Å². The van der Waals surface area contributed by atoms with Crippen LogP contribution in [0.25, 0.3) is 0 Å². The van der Waals surface area contributed by atoms with Gasteiger partial charge in [-0.15, -0.1) is 0 Å². The standard InChI is InChI=1S/C10H6Cl2F6O/c11-5-2-1-4(3-6(5)12)7(19)8(9(13,14)15)10(16,17)18/h1-3,7-8,19H. The lowest BCUT2D eigenvalue weighted by Gasteiger charge is -2.27. The van der Waals surface area contributed by atoms with Gasteiger partial charge in [0.2, 0.25) is 0 Å². The maximum atomic E-state index is 12.4. The summed E-state index contributed by atoms with van der Waals surface area (Å²) in [5, 5.41) is 9.03. The fourth-order valence-corrected chi connectivity index (χ4v) is 1.74. The molecule has 0 bridgehead atoms. The molecule has 1 atom stereocenters. The normalized spacial score (nSPS) is 14.8. The number of hydrogen-bond acceptors (Lipinski definition) is 1. The summed E-state index contributed by atoms with van der Waals surface area (Å²) in [5.74, 6) is -3.89. The van der Waals surface area contributed by atoms with Crippen LogP contribution in [0.4, 0.5) is 26.3 Å². The first-order valence-electron chi connectivity index (χ1n) is 4.71. The van der Waals surface area contributed by atoms with E-state index in [-0.39, 0.29) is 10.0 Å². The Bertz CT molecular complexity index is 442. The summed E-state index contributed by atoms with van der Waals surface area (Å²) in [7, 11) is 0. The van der Waals surface area contributed by atoms with Gasteiger partial charge in [0.1, 0.15) is 0 Å². The number of alkyl halides is 6. The Hall–Kier alpha value is -0.660. The predicted octanol–water partition coefficient (Wildman–Crippen LogP) is 4.77. The molecule has 108 valence electrons. The van der Waals surface area contributed by atoms with Gasteiger partial charge < -0.3 is 5.11 Å². The van der Waals surface area contributed by atoms with Crippen molar-refractivity contribution in [3.8, 4) is 0 Å². The molecular formula is C10H6Cl2F6O. The highest BCUT2D eigenvalue weighted by molar-refractivity contribution is 6.42. The van der Waals surface area contributed by atoms with Gasteiger partial charge in [0.25, 0.3) is 0 Å². The molecule has 0 aliphatic carbocycles. The third-order valence-electron chi connectivity index (χ3n) is 2.31. The van der Waals surface area contributed by atoms with Crippen LogP contribution in [-0.4, -0.2) is 17.5 Å². The fraction of sp³-hybridized carbons (Fsp3) is 0.400. The summed E-state index contributed by atoms with van der Waals surface area (Å²) >= 11 is 11.0. The van der Waals surface area contributed by atoms with Crippen LogP contribution in [0, 0.1) is 5.92 Å². The molecule has 9 heteroatoms. The molecule has 1 nitrogen and oxygen atoms in total. The van der Waals surface area contributed by atoms with Crippen LogP contribution in [-0.2, 0) is 0 Å². The summed E-state index contributed by atoms with van der Waals surface area (Å²) in [5.41, 5.74) is -0.617. The van der Waals surface area contributed by atoms with Crippen LogP contribution in [0.3, 0.4) is 0 Å². The first-order valence-corrected chi connectivity index (χ1v) is 5.46. The van der Waals surface area contributed by atoms with Gasteiger partial charge in [0.15, 0.2) is 5.92 Å². The molecule has 0 heterocycles. The third-order valence-corrected chi connectivity index (χ3v) is 3.05. The van der Waals surface area contributed by atoms with E-state index in [0.29, 0.717) is 0 Å². The van der Waals surface area contributed by atoms with E-state index in [0.717, 1.165) is 18.2 Å². The molecule has 1 aromatic rings. The van der Waals surface area contributed by atoms with Gasteiger partial charge in [-0.25, -0.2) is 0 Å². The Balaban J connectivity index is 3.20. The first kappa shape index (κ1) is 16.4. The zero-order chi connectivity index (χ0) is 15.0. The van der Waals surface area contributed by atoms with Crippen molar-refractivity contribution in [1.29, 1.82) is 0 Å². The van der Waals surface area contributed by atoms with Gasteiger partial charge in [-0.2, -0.15) is 26.3 Å². The molecule has 1 N–H and O–H groups in total. The average molecular weight is 327 g/mol. The van der Waals surface area contributed by atoms with E-state index < -0.39 is 29.9 Å². The highest BCUT2D eigenvalue weighted by Crippen LogP contribution is 2.46. The van der Waals surface area contributed by atoms with Crippen molar-refractivity contribution in [2.75, 3.05) is 0 Å². The number of rotatable bonds is 2. The number of benzene rings is 1. The summed E-state index contributed by atoms with van der Waals surface area (Å²) < 4.78 is 74.4. The van der Waals surface area contributed by atoms with Crippen LogP contribution in [0.2, 0.25) is 10.0 Å². The maximum Gasteiger partial charge on any atom is 0.403 e. The Morgan fingerprint density at radius 1 is 0.895 bits per heavy atom. The van der Waals surface area contributed by atoms with Gasteiger partial charge in [-0.3, -0.25) is 0 Å². The van der Waals surface area contributed by atoms with Gasteiger partial charge >= 0.3 is 12.4 Å². The van der Waals surface area contributed by atoms with Crippen LogP contribution < -0.4 is 0 Å². The Labute approximate surface area is 113 Å². The number of aliphatic hydroxyl groups is 1. The second-order valence-corrected chi connectivity index (χ2v) is 4.49. The van der Waals surface area contributed by atoms with E-state index in [9.17, 15) is 31.4 Å². The van der Waals surface area contributed by atoms with Gasteiger partial charge in [0, 0.05) is 0 Å². The Morgan fingerprint density at radius 3 is 1.74 bits per heavy atom. The highest BCUT2D eigenvalue weighted by atomic mass is 35.5. The second kappa shape index (κ2) is 5.38. The molecule has 0 aromatic heterocycles. The molecular weight excluding hydrogens is 321 g/mol. The van der Waals surface area contributed by atoms with Crippen LogP contribution in [0.1, 0.15) is 11.7 Å². The van der Waals surface area contributed by atoms with Crippen molar-refractivity contribution in [2.24, 2.45) is 5.92 Å². The van der Waals surface area contributed by atoms with Crippen molar-refractivity contribution in [2.45, 2.75) is 18.5 Å². The number of halogens is 8. The molecule has 0 aliphatic rings. The molecule has 1 unspecified atom stereocenters. The molecule has 0 amide bonds. The highest BCUT2D eigenvalue weighted by Gasteiger charge is 2.60. The van der Waals surface area contributed by atoms with E-state index in [1.807, 2.05) is 0 Å². The van der Waals surface area contributed by atoms with Gasteiger partial charge in [-0.1, -0.05) is 29.3 Å². The molecule has 0 fully saturated rings. The monoisotopic (exact) mass is 326 g/mol. The lowest BCUT2D eigenvalue weighted by molar-refractivity contribution is -0.307. The smallest absolute Gasteiger partial charge is 0.387 e. The average Bonchev–Trinajstić information content (AvgIpc) is 2.17. The van der Waals surface area contributed by atoms with Crippen molar-refractivity contribution < 1.29 is 31.4 Å². The fourth-order valence-electron chi connectivity index (χ4n) is 1.43. The summed E-state index contributed by atoms with van der Waals surface area (Å²) in [6, 6.07) is 2.62. The topological polar surface area (TPSA) is 20.2 Å². The van der Waals surface area contributed by atoms with Gasteiger partial charge in [0.05, 0.1) is 16.1 Å². The van der Waals surface area contributed by atoms with Crippen molar-refractivity contribution >= 4 is 23.2 Å². The molecule has 0 spiro atoms. The molecule has 1 aromatic carbocycles. The molecule has 0 radical (unpaired) electrons. The van der Waals surface area contributed by atoms with Crippen molar-refractivity contribution in [3.63, 3.8) is 0 Å².